The lowest BCUT2D eigenvalue weighted by Gasteiger charge is -2.36. The number of rotatable bonds is 1. The van der Waals surface area contributed by atoms with Crippen LogP contribution in [0.4, 0.5) is 0 Å². The van der Waals surface area contributed by atoms with Gasteiger partial charge in [0.2, 0.25) is 0 Å². The standard InChI is InChI=1S/C14H18O3/c15-12-9-14(10-5-7-16-8-6-10)17-13-4-2-1-3-11(12)13/h1-4,10,12,14-15H,5-9H2/t12-,14?/m0/s1. The van der Waals surface area contributed by atoms with E-state index in [9.17, 15) is 5.11 Å². The maximum absolute atomic E-state index is 10.2. The van der Waals surface area contributed by atoms with Gasteiger partial charge in [-0.15, -0.1) is 0 Å². The number of benzene rings is 1. The van der Waals surface area contributed by atoms with E-state index >= 15 is 0 Å². The lowest BCUT2D eigenvalue weighted by Crippen LogP contribution is -2.36. The molecule has 2 heterocycles. The second-order valence-electron chi connectivity index (χ2n) is 4.90. The molecular formula is C14H18O3. The van der Waals surface area contributed by atoms with E-state index < -0.39 is 0 Å². The number of fused-ring (bicyclic) bond motifs is 1. The summed E-state index contributed by atoms with van der Waals surface area (Å²) >= 11 is 0. The molecule has 3 heteroatoms. The van der Waals surface area contributed by atoms with Crippen LogP contribution in [0.2, 0.25) is 0 Å². The number of aliphatic hydroxyl groups is 1. The van der Waals surface area contributed by atoms with Gasteiger partial charge >= 0.3 is 0 Å². The van der Waals surface area contributed by atoms with Crippen LogP contribution in [0.5, 0.6) is 5.75 Å². The summed E-state index contributed by atoms with van der Waals surface area (Å²) in [7, 11) is 0. The summed E-state index contributed by atoms with van der Waals surface area (Å²) in [5.41, 5.74) is 0.927. The normalized spacial score (nSPS) is 29.5. The monoisotopic (exact) mass is 234 g/mol. The summed E-state index contributed by atoms with van der Waals surface area (Å²) in [5.74, 6) is 1.37. The molecule has 0 aliphatic carbocycles. The van der Waals surface area contributed by atoms with Crippen molar-refractivity contribution < 1.29 is 14.6 Å². The molecule has 0 aromatic heterocycles. The molecule has 0 saturated carbocycles. The van der Waals surface area contributed by atoms with E-state index in [-0.39, 0.29) is 12.2 Å². The van der Waals surface area contributed by atoms with Gasteiger partial charge in [-0.3, -0.25) is 0 Å². The quantitative estimate of drug-likeness (QED) is 0.810. The molecule has 2 aliphatic heterocycles. The van der Waals surface area contributed by atoms with Gasteiger partial charge in [0.05, 0.1) is 6.10 Å². The molecule has 0 radical (unpaired) electrons. The molecule has 92 valence electrons. The van der Waals surface area contributed by atoms with Gasteiger partial charge in [0.1, 0.15) is 11.9 Å². The number of hydrogen-bond acceptors (Lipinski definition) is 3. The lowest BCUT2D eigenvalue weighted by molar-refractivity contribution is -0.0150. The van der Waals surface area contributed by atoms with E-state index in [0.717, 1.165) is 37.4 Å². The summed E-state index contributed by atoms with van der Waals surface area (Å²) in [4.78, 5) is 0. The number of ether oxygens (including phenoxy) is 2. The van der Waals surface area contributed by atoms with Crippen molar-refractivity contribution in [1.29, 1.82) is 0 Å². The third-order valence-corrected chi connectivity index (χ3v) is 3.80. The summed E-state index contributed by atoms with van der Waals surface area (Å²) < 4.78 is 11.4. The molecule has 1 unspecified atom stereocenters. The van der Waals surface area contributed by atoms with Gasteiger partial charge in [0.25, 0.3) is 0 Å². The second kappa shape index (κ2) is 4.67. The van der Waals surface area contributed by atoms with Crippen molar-refractivity contribution >= 4 is 0 Å². The van der Waals surface area contributed by atoms with E-state index in [4.69, 9.17) is 9.47 Å². The zero-order valence-corrected chi connectivity index (χ0v) is 9.84. The largest absolute Gasteiger partial charge is 0.490 e. The molecule has 1 saturated heterocycles. The highest BCUT2D eigenvalue weighted by atomic mass is 16.5. The van der Waals surface area contributed by atoms with Crippen LogP contribution in [0, 0.1) is 5.92 Å². The van der Waals surface area contributed by atoms with Crippen LogP contribution in [0.1, 0.15) is 30.9 Å². The SMILES string of the molecule is O[C@H]1CC(C2CCOCC2)Oc2ccccc21. The van der Waals surface area contributed by atoms with E-state index in [1.165, 1.54) is 0 Å². The first-order chi connectivity index (χ1) is 8.34. The van der Waals surface area contributed by atoms with Crippen molar-refractivity contribution in [3.63, 3.8) is 0 Å². The Bertz CT molecular complexity index is 385. The van der Waals surface area contributed by atoms with Crippen molar-refractivity contribution in [3.8, 4) is 5.75 Å². The van der Waals surface area contributed by atoms with Crippen LogP contribution in [-0.2, 0) is 4.74 Å². The minimum Gasteiger partial charge on any atom is -0.490 e. The Morgan fingerprint density at radius 3 is 2.71 bits per heavy atom. The first-order valence-corrected chi connectivity index (χ1v) is 6.36. The first-order valence-electron chi connectivity index (χ1n) is 6.36. The molecular weight excluding hydrogens is 216 g/mol. The molecule has 0 spiro atoms. The minimum absolute atomic E-state index is 0.142. The summed E-state index contributed by atoms with van der Waals surface area (Å²) in [6.45, 7) is 1.64. The Kier molecular flexibility index (Phi) is 3.04. The smallest absolute Gasteiger partial charge is 0.125 e. The minimum atomic E-state index is -0.382. The van der Waals surface area contributed by atoms with Crippen LogP contribution < -0.4 is 4.74 Å². The average molecular weight is 234 g/mol. The van der Waals surface area contributed by atoms with Crippen LogP contribution >= 0.6 is 0 Å². The van der Waals surface area contributed by atoms with Gasteiger partial charge in [-0.25, -0.2) is 0 Å². The molecule has 0 bridgehead atoms. The Morgan fingerprint density at radius 2 is 1.88 bits per heavy atom. The molecule has 2 aliphatic rings. The van der Waals surface area contributed by atoms with Crippen LogP contribution in [0.15, 0.2) is 24.3 Å². The number of hydrogen-bond donors (Lipinski definition) is 1. The summed E-state index contributed by atoms with van der Waals surface area (Å²) in [6, 6.07) is 7.79. The van der Waals surface area contributed by atoms with E-state index in [1.807, 2.05) is 24.3 Å². The number of para-hydroxylation sites is 1. The van der Waals surface area contributed by atoms with Crippen molar-refractivity contribution in [2.45, 2.75) is 31.5 Å². The van der Waals surface area contributed by atoms with Gasteiger partial charge < -0.3 is 14.6 Å². The Labute approximate surface area is 101 Å². The third kappa shape index (κ3) is 2.17. The first kappa shape index (κ1) is 11.1. The fourth-order valence-electron chi connectivity index (χ4n) is 2.80. The molecule has 1 fully saturated rings. The maximum atomic E-state index is 10.2. The highest BCUT2D eigenvalue weighted by molar-refractivity contribution is 5.37. The molecule has 3 nitrogen and oxygen atoms in total. The predicted octanol–water partition coefficient (Wildman–Crippen LogP) is 2.30. The van der Waals surface area contributed by atoms with Crippen molar-refractivity contribution in [3.05, 3.63) is 29.8 Å². The Balaban J connectivity index is 1.78. The van der Waals surface area contributed by atoms with Crippen molar-refractivity contribution in [2.75, 3.05) is 13.2 Å². The van der Waals surface area contributed by atoms with Crippen LogP contribution in [-0.4, -0.2) is 24.4 Å². The summed E-state index contributed by atoms with van der Waals surface area (Å²) in [6.07, 6.45) is 2.55. The molecule has 3 rings (SSSR count). The van der Waals surface area contributed by atoms with Gasteiger partial charge in [0.15, 0.2) is 0 Å². The molecule has 0 amide bonds. The lowest BCUT2D eigenvalue weighted by atomic mass is 9.87. The van der Waals surface area contributed by atoms with E-state index in [2.05, 4.69) is 0 Å². The highest BCUT2D eigenvalue weighted by Crippen LogP contribution is 2.38. The Morgan fingerprint density at radius 1 is 1.12 bits per heavy atom. The van der Waals surface area contributed by atoms with Gasteiger partial charge in [-0.2, -0.15) is 0 Å². The van der Waals surface area contributed by atoms with Crippen molar-refractivity contribution in [2.24, 2.45) is 5.92 Å². The van der Waals surface area contributed by atoms with Crippen LogP contribution in [0.3, 0.4) is 0 Å². The fraction of sp³-hybridized carbons (Fsp3) is 0.571. The van der Waals surface area contributed by atoms with Crippen LogP contribution in [0.25, 0.3) is 0 Å². The predicted molar refractivity (Wildman–Crippen MR) is 64.0 cm³/mol. The molecule has 1 aromatic rings. The van der Waals surface area contributed by atoms with Gasteiger partial charge in [0, 0.05) is 31.1 Å². The third-order valence-electron chi connectivity index (χ3n) is 3.80. The second-order valence-corrected chi connectivity index (χ2v) is 4.90. The molecule has 2 atom stereocenters. The molecule has 1 aromatic carbocycles. The summed E-state index contributed by atoms with van der Waals surface area (Å²) in [5, 5.41) is 10.2. The fourth-order valence-corrected chi connectivity index (χ4v) is 2.80. The van der Waals surface area contributed by atoms with Crippen molar-refractivity contribution in [1.82, 2.24) is 0 Å². The van der Waals surface area contributed by atoms with E-state index in [0.29, 0.717) is 12.3 Å². The maximum Gasteiger partial charge on any atom is 0.125 e. The van der Waals surface area contributed by atoms with E-state index in [1.54, 1.807) is 0 Å². The Hall–Kier alpha value is -1.06. The zero-order chi connectivity index (χ0) is 11.7. The van der Waals surface area contributed by atoms with Gasteiger partial charge in [-0.05, 0) is 18.9 Å². The average Bonchev–Trinajstić information content (AvgIpc) is 2.40. The number of aliphatic hydroxyl groups excluding tert-OH is 1. The molecule has 1 N–H and O–H groups in total. The topological polar surface area (TPSA) is 38.7 Å². The molecule has 17 heavy (non-hydrogen) atoms. The highest BCUT2D eigenvalue weighted by Gasteiger charge is 2.33. The zero-order valence-electron chi connectivity index (χ0n) is 9.84. The van der Waals surface area contributed by atoms with Gasteiger partial charge in [-0.1, -0.05) is 18.2 Å².